The predicted molar refractivity (Wildman–Crippen MR) is 192 cm³/mol. The zero-order valence-corrected chi connectivity index (χ0v) is 29.8. The number of aliphatic imine (C=N–C) groups is 1. The van der Waals surface area contributed by atoms with E-state index in [2.05, 4.69) is 19.2 Å². The van der Waals surface area contributed by atoms with Gasteiger partial charge < -0.3 is 31.1 Å². The number of rotatable bonds is 9. The molecule has 266 valence electrons. The summed E-state index contributed by atoms with van der Waals surface area (Å²) in [5, 5.41) is 34.4. The molecule has 7 rings (SSSR count). The molecule has 7 heteroatoms. The van der Waals surface area contributed by atoms with Gasteiger partial charge in [0, 0.05) is 24.9 Å². The van der Waals surface area contributed by atoms with Crippen molar-refractivity contribution in [3.8, 4) is 5.75 Å². The monoisotopic (exact) mass is 661 g/mol. The number of ether oxygens (including phenoxy) is 1. The van der Waals surface area contributed by atoms with E-state index in [1.54, 1.807) is 12.1 Å². The minimum atomic E-state index is -0.673. The van der Waals surface area contributed by atoms with E-state index in [4.69, 9.17) is 22.0 Å². The van der Waals surface area contributed by atoms with Gasteiger partial charge in [0.15, 0.2) is 5.96 Å². The number of nitrogens with one attached hydrogen (secondary N) is 1. The van der Waals surface area contributed by atoms with Gasteiger partial charge in [0.05, 0.1) is 23.4 Å². The molecule has 6 fully saturated rings. The van der Waals surface area contributed by atoms with Crippen LogP contribution in [0, 0.1) is 40.4 Å². The quantitative estimate of drug-likeness (QED) is 0.0838. The van der Waals surface area contributed by atoms with Gasteiger partial charge in [-0.3, -0.25) is 4.99 Å². The summed E-state index contributed by atoms with van der Waals surface area (Å²) in [4.78, 5) is 4.74. The minimum absolute atomic E-state index is 0.00455. The number of allylic oxidation sites excluding steroid dienone is 1. The number of phenolic OH excluding ortho intramolecular Hbond substituents is 1. The number of fused-ring (bicyclic) bond motifs is 3. The van der Waals surface area contributed by atoms with Gasteiger partial charge in [-0.05, 0) is 162 Å². The van der Waals surface area contributed by atoms with E-state index in [0.717, 1.165) is 69.4 Å². The summed E-state index contributed by atoms with van der Waals surface area (Å²) < 4.78 is 6.71. The molecule has 0 bridgehead atoms. The zero-order chi connectivity index (χ0) is 33.7. The van der Waals surface area contributed by atoms with Gasteiger partial charge in [-0.2, -0.15) is 0 Å². The second-order valence-corrected chi connectivity index (χ2v) is 18.0. The van der Waals surface area contributed by atoms with Crippen molar-refractivity contribution < 1.29 is 20.1 Å². The molecule has 1 spiro atoms. The molecule has 1 aromatic rings. The van der Waals surface area contributed by atoms with E-state index in [9.17, 15) is 15.3 Å². The Bertz CT molecular complexity index is 1370. The summed E-state index contributed by atoms with van der Waals surface area (Å²) in [6.45, 7) is 11.3. The van der Waals surface area contributed by atoms with E-state index < -0.39 is 5.60 Å². The maximum absolute atomic E-state index is 11.2. The second-order valence-electron chi connectivity index (χ2n) is 18.0. The lowest BCUT2D eigenvalue weighted by atomic mass is 9.46. The van der Waals surface area contributed by atoms with Crippen LogP contribution in [-0.4, -0.2) is 57.8 Å². The molecule has 1 aliphatic heterocycles. The summed E-state index contributed by atoms with van der Waals surface area (Å²) in [5.74, 6) is 4.14. The first-order chi connectivity index (χ1) is 22.9. The lowest BCUT2D eigenvalue weighted by Gasteiger charge is -2.58. The molecule has 0 aromatic heterocycles. The molecule has 0 amide bonds. The lowest BCUT2D eigenvalue weighted by Crippen LogP contribution is -2.51. The molecule has 7 nitrogen and oxygen atoms in total. The van der Waals surface area contributed by atoms with Crippen LogP contribution in [0.1, 0.15) is 122 Å². The van der Waals surface area contributed by atoms with Crippen molar-refractivity contribution in [2.45, 2.75) is 146 Å². The number of aliphatic hydroxyl groups excluding tert-OH is 1. The number of aromatic hydroxyl groups is 1. The molecule has 0 unspecified atom stereocenters. The molecule has 1 aromatic carbocycles. The Morgan fingerprint density at radius 1 is 1.06 bits per heavy atom. The van der Waals surface area contributed by atoms with Crippen molar-refractivity contribution in [2.24, 2.45) is 51.1 Å². The first kappa shape index (κ1) is 34.4. The highest BCUT2D eigenvalue weighted by Gasteiger charge is 2.67. The van der Waals surface area contributed by atoms with Crippen molar-refractivity contribution in [1.29, 1.82) is 0 Å². The fraction of sp³-hybridized carbons (Fsp3) is 0.780. The van der Waals surface area contributed by atoms with Crippen molar-refractivity contribution in [1.82, 2.24) is 5.32 Å². The molecule has 1 heterocycles. The number of epoxide rings is 1. The average molecular weight is 662 g/mol. The fourth-order valence-electron chi connectivity index (χ4n) is 11.9. The van der Waals surface area contributed by atoms with Gasteiger partial charge in [-0.25, -0.2) is 0 Å². The van der Waals surface area contributed by atoms with Gasteiger partial charge in [0.1, 0.15) is 5.75 Å². The standard InChI is InChI=1S/C41H63N3O4/c1-27-22-40(17-11-29(23-40)12-18-41(47)15-5-8-33(46)24-41)36-39(3,48-36)16-13-35-34(27)25-38(35,2)31-10-9-30(20-31)26-44-37(42)43-19-14-28-6-4-7-32(45)21-28/h4,6-7,21,29-31,33-36,45-47H,1,5,8-20,22-26H2,2-3H3,(H3,42,43,44)/t29-,30+,31-,33+,34-,35-,36-,38-,39-,40-,41+/m1/s1. The first-order valence-electron chi connectivity index (χ1n) is 19.5. The fourth-order valence-corrected chi connectivity index (χ4v) is 11.9. The summed E-state index contributed by atoms with van der Waals surface area (Å²) >= 11 is 0. The van der Waals surface area contributed by atoms with Crippen LogP contribution in [0.15, 0.2) is 41.4 Å². The van der Waals surface area contributed by atoms with Crippen LogP contribution in [0.25, 0.3) is 0 Å². The third-order valence-electron chi connectivity index (χ3n) is 14.7. The van der Waals surface area contributed by atoms with Crippen LogP contribution in [0.5, 0.6) is 5.75 Å². The average Bonchev–Trinajstić information content (AvgIpc) is 3.34. The predicted octanol–water partition coefficient (Wildman–Crippen LogP) is 7.03. The maximum Gasteiger partial charge on any atom is 0.188 e. The number of nitrogens with zero attached hydrogens (tertiary/aromatic N) is 1. The van der Waals surface area contributed by atoms with Gasteiger partial charge in [-0.1, -0.05) is 31.2 Å². The first-order valence-corrected chi connectivity index (χ1v) is 19.5. The molecule has 48 heavy (non-hydrogen) atoms. The zero-order valence-electron chi connectivity index (χ0n) is 29.8. The lowest BCUT2D eigenvalue weighted by molar-refractivity contribution is -0.0693. The highest BCUT2D eigenvalue weighted by atomic mass is 16.6. The van der Waals surface area contributed by atoms with Crippen LogP contribution in [0.2, 0.25) is 0 Å². The summed E-state index contributed by atoms with van der Waals surface area (Å²) in [7, 11) is 0. The maximum atomic E-state index is 11.2. The minimum Gasteiger partial charge on any atom is -0.508 e. The van der Waals surface area contributed by atoms with E-state index in [1.165, 1.54) is 56.9 Å². The Hall–Kier alpha value is -2.09. The Labute approximate surface area is 289 Å². The summed E-state index contributed by atoms with van der Waals surface area (Å²) in [5.41, 5.74) is 8.74. The number of guanidine groups is 1. The third-order valence-corrected chi connectivity index (χ3v) is 14.7. The number of benzene rings is 1. The van der Waals surface area contributed by atoms with Crippen LogP contribution < -0.4 is 11.1 Å². The van der Waals surface area contributed by atoms with Gasteiger partial charge >= 0.3 is 0 Å². The Kier molecular flexibility index (Phi) is 9.47. The largest absolute Gasteiger partial charge is 0.508 e. The number of hydrogen-bond acceptors (Lipinski definition) is 5. The Balaban J connectivity index is 0.922. The SMILES string of the molecule is C=C1C[C@@]2(CC[C@H](CC[C@@]3(O)CCC[C@H](O)C3)C2)[C@@H]2O[C@]2(C)CC[C@@H]2[C@@H]1C[C@]2(C)[C@@H]1CC[C@H](CN=C(N)NCCc2cccc(O)c2)C1. The van der Waals surface area contributed by atoms with Crippen LogP contribution >= 0.6 is 0 Å². The second kappa shape index (κ2) is 13.2. The molecule has 11 atom stereocenters. The molecule has 0 radical (unpaired) electrons. The molecule has 6 aliphatic rings. The number of phenols is 1. The normalized spacial score (nSPS) is 44.3. The molecule has 5 aliphatic carbocycles. The smallest absolute Gasteiger partial charge is 0.188 e. The van der Waals surface area contributed by atoms with Crippen LogP contribution in [0.3, 0.4) is 0 Å². The van der Waals surface area contributed by atoms with E-state index in [0.29, 0.717) is 59.9 Å². The summed E-state index contributed by atoms with van der Waals surface area (Å²) in [6.07, 6.45) is 18.1. The molecular formula is C41H63N3O4. The number of nitrogens with two attached hydrogens (primary N) is 1. The van der Waals surface area contributed by atoms with Crippen LogP contribution in [0.4, 0.5) is 0 Å². The van der Waals surface area contributed by atoms with Crippen LogP contribution in [-0.2, 0) is 11.2 Å². The molecule has 5 saturated carbocycles. The highest BCUT2D eigenvalue weighted by Crippen LogP contribution is 2.69. The highest BCUT2D eigenvalue weighted by molar-refractivity contribution is 5.77. The van der Waals surface area contributed by atoms with Gasteiger partial charge in [0.2, 0.25) is 0 Å². The van der Waals surface area contributed by atoms with E-state index >= 15 is 0 Å². The van der Waals surface area contributed by atoms with Crippen molar-refractivity contribution in [2.75, 3.05) is 13.1 Å². The van der Waals surface area contributed by atoms with E-state index in [1.807, 2.05) is 12.1 Å². The van der Waals surface area contributed by atoms with Crippen molar-refractivity contribution in [3.63, 3.8) is 0 Å². The molecule has 1 saturated heterocycles. The van der Waals surface area contributed by atoms with Crippen molar-refractivity contribution >= 4 is 5.96 Å². The Morgan fingerprint density at radius 2 is 1.92 bits per heavy atom. The Morgan fingerprint density at radius 3 is 2.73 bits per heavy atom. The van der Waals surface area contributed by atoms with Crippen molar-refractivity contribution in [3.05, 3.63) is 42.0 Å². The molecular weight excluding hydrogens is 598 g/mol. The van der Waals surface area contributed by atoms with Gasteiger partial charge in [0.25, 0.3) is 0 Å². The topological polar surface area (TPSA) is 124 Å². The number of hydrogen-bond donors (Lipinski definition) is 5. The third kappa shape index (κ3) is 6.94. The number of aliphatic hydroxyl groups is 2. The molecule has 6 N–H and O–H groups in total. The van der Waals surface area contributed by atoms with E-state index in [-0.39, 0.29) is 17.1 Å². The summed E-state index contributed by atoms with van der Waals surface area (Å²) in [6, 6.07) is 7.38. The van der Waals surface area contributed by atoms with Gasteiger partial charge in [-0.15, -0.1) is 0 Å².